The molecule has 0 saturated heterocycles. The van der Waals surface area contributed by atoms with E-state index >= 15 is 0 Å². The number of carbonyl (C=O) groups is 1. The minimum Gasteiger partial charge on any atom is -0.464 e. The lowest BCUT2D eigenvalue weighted by atomic mass is 10.3. The highest BCUT2D eigenvalue weighted by atomic mass is 32.1. The second-order valence-corrected chi connectivity index (χ2v) is 4.82. The van der Waals surface area contributed by atoms with Crippen molar-refractivity contribution in [1.82, 2.24) is 5.32 Å². The van der Waals surface area contributed by atoms with Crippen molar-refractivity contribution in [2.45, 2.75) is 32.2 Å². The summed E-state index contributed by atoms with van der Waals surface area (Å²) < 4.78 is 5.67. The van der Waals surface area contributed by atoms with Crippen molar-refractivity contribution < 1.29 is 9.21 Å². The van der Waals surface area contributed by atoms with Gasteiger partial charge in [0.1, 0.15) is 11.5 Å². The van der Waals surface area contributed by atoms with Gasteiger partial charge < -0.3 is 9.73 Å². The second-order valence-electron chi connectivity index (χ2n) is 4.37. The summed E-state index contributed by atoms with van der Waals surface area (Å²) in [6, 6.07) is 3.97. The first-order valence-corrected chi connectivity index (χ1v) is 6.30. The molecule has 1 aliphatic rings. The number of carbonyl (C=O) groups excluding carboxylic acids is 1. The number of amides is 1. The van der Waals surface area contributed by atoms with Gasteiger partial charge in [-0.25, -0.2) is 0 Å². The van der Waals surface area contributed by atoms with Crippen molar-refractivity contribution in [1.29, 1.82) is 0 Å². The molecule has 1 amide bonds. The topological polar surface area (TPSA) is 42.2 Å². The molecule has 2 unspecified atom stereocenters. The Morgan fingerprint density at radius 2 is 2.38 bits per heavy atom. The van der Waals surface area contributed by atoms with Crippen molar-refractivity contribution in [3.8, 4) is 0 Å². The molecule has 1 heterocycles. The van der Waals surface area contributed by atoms with Crippen LogP contribution < -0.4 is 5.32 Å². The van der Waals surface area contributed by atoms with Crippen molar-refractivity contribution >= 4 is 18.5 Å². The van der Waals surface area contributed by atoms with Crippen molar-refractivity contribution in [3.63, 3.8) is 0 Å². The molecule has 1 N–H and O–H groups in total. The smallest absolute Gasteiger partial charge is 0.221 e. The lowest BCUT2D eigenvalue weighted by Gasteiger charge is -2.01. The summed E-state index contributed by atoms with van der Waals surface area (Å²) in [5.74, 6) is 3.84. The number of rotatable bonds is 5. The zero-order valence-electron chi connectivity index (χ0n) is 9.40. The Balaban J connectivity index is 1.81. The molecule has 2 rings (SSSR count). The first-order valence-electron chi connectivity index (χ1n) is 5.67. The van der Waals surface area contributed by atoms with Gasteiger partial charge in [0.05, 0.1) is 6.54 Å². The van der Waals surface area contributed by atoms with Crippen LogP contribution in [0.25, 0.3) is 0 Å². The highest BCUT2D eigenvalue weighted by Crippen LogP contribution is 2.47. The van der Waals surface area contributed by atoms with E-state index in [2.05, 4.69) is 24.9 Å². The molecule has 1 saturated carbocycles. The fourth-order valence-corrected chi connectivity index (χ4v) is 1.99. The van der Waals surface area contributed by atoms with Crippen LogP contribution in [-0.4, -0.2) is 11.7 Å². The zero-order chi connectivity index (χ0) is 11.5. The Morgan fingerprint density at radius 3 is 3.00 bits per heavy atom. The monoisotopic (exact) mass is 239 g/mol. The molecular formula is C12H17NO2S. The minimum atomic E-state index is 0.0211. The maximum absolute atomic E-state index is 11.2. The van der Waals surface area contributed by atoms with Gasteiger partial charge in [0, 0.05) is 12.3 Å². The van der Waals surface area contributed by atoms with Crippen LogP contribution in [0.3, 0.4) is 0 Å². The molecule has 0 radical (unpaired) electrons. The van der Waals surface area contributed by atoms with Crippen LogP contribution in [0.1, 0.15) is 37.2 Å². The third kappa shape index (κ3) is 2.82. The molecule has 3 nitrogen and oxygen atoms in total. The van der Waals surface area contributed by atoms with Crippen molar-refractivity contribution in [2.75, 3.05) is 5.75 Å². The molecule has 4 heteroatoms. The van der Waals surface area contributed by atoms with Crippen LogP contribution in [-0.2, 0) is 11.3 Å². The van der Waals surface area contributed by atoms with E-state index in [1.165, 1.54) is 6.42 Å². The van der Waals surface area contributed by atoms with Crippen LogP contribution >= 0.6 is 12.6 Å². The van der Waals surface area contributed by atoms with Gasteiger partial charge in [-0.1, -0.05) is 6.92 Å². The maximum Gasteiger partial charge on any atom is 0.221 e. The summed E-state index contributed by atoms with van der Waals surface area (Å²) in [7, 11) is 0. The van der Waals surface area contributed by atoms with E-state index in [0.29, 0.717) is 24.6 Å². The third-order valence-electron chi connectivity index (χ3n) is 2.96. The third-order valence-corrected chi connectivity index (χ3v) is 3.18. The average molecular weight is 239 g/mol. The van der Waals surface area contributed by atoms with E-state index in [4.69, 9.17) is 4.42 Å². The Hall–Kier alpha value is -0.900. The Labute approximate surface area is 101 Å². The van der Waals surface area contributed by atoms with Crippen LogP contribution in [0.15, 0.2) is 16.5 Å². The lowest BCUT2D eigenvalue weighted by Crippen LogP contribution is -2.22. The Bertz CT molecular complexity index is 375. The summed E-state index contributed by atoms with van der Waals surface area (Å²) in [5.41, 5.74) is 0. The number of nitrogens with one attached hydrogen (secondary N) is 1. The summed E-state index contributed by atoms with van der Waals surface area (Å²) in [6.45, 7) is 2.70. The van der Waals surface area contributed by atoms with Gasteiger partial charge in [-0.3, -0.25) is 4.79 Å². The van der Waals surface area contributed by atoms with Gasteiger partial charge in [-0.05, 0) is 30.2 Å². The normalized spacial score (nSPS) is 23.1. The zero-order valence-corrected chi connectivity index (χ0v) is 10.3. The molecule has 0 spiro atoms. The van der Waals surface area contributed by atoms with Crippen LogP contribution in [0, 0.1) is 5.92 Å². The van der Waals surface area contributed by atoms with E-state index in [9.17, 15) is 4.79 Å². The first-order chi connectivity index (χ1) is 7.70. The fourth-order valence-electron chi connectivity index (χ4n) is 1.78. The van der Waals surface area contributed by atoms with Crippen LogP contribution in [0.5, 0.6) is 0 Å². The summed E-state index contributed by atoms with van der Waals surface area (Å²) in [6.07, 6.45) is 1.68. The Morgan fingerprint density at radius 1 is 1.62 bits per heavy atom. The summed E-state index contributed by atoms with van der Waals surface area (Å²) in [4.78, 5) is 11.2. The first kappa shape index (κ1) is 11.6. The molecule has 0 aliphatic heterocycles. The highest BCUT2D eigenvalue weighted by Gasteiger charge is 2.36. The summed E-state index contributed by atoms with van der Waals surface area (Å²) >= 11 is 4.00. The largest absolute Gasteiger partial charge is 0.464 e. The quantitative estimate of drug-likeness (QED) is 0.774. The molecule has 0 aromatic carbocycles. The van der Waals surface area contributed by atoms with E-state index in [-0.39, 0.29) is 5.91 Å². The molecule has 1 aromatic rings. The molecule has 0 bridgehead atoms. The predicted octanol–water partition coefficient (Wildman–Crippen LogP) is 2.34. The number of thiol groups is 1. The van der Waals surface area contributed by atoms with E-state index in [0.717, 1.165) is 17.4 Å². The molecule has 1 aromatic heterocycles. The highest BCUT2D eigenvalue weighted by molar-refractivity contribution is 7.80. The number of hydrogen-bond donors (Lipinski definition) is 2. The minimum absolute atomic E-state index is 0.0211. The molecule has 1 aliphatic carbocycles. The van der Waals surface area contributed by atoms with Crippen molar-refractivity contribution in [3.05, 3.63) is 23.7 Å². The second kappa shape index (κ2) is 4.95. The van der Waals surface area contributed by atoms with Crippen LogP contribution in [0.4, 0.5) is 0 Å². The predicted molar refractivity (Wildman–Crippen MR) is 65.5 cm³/mol. The lowest BCUT2D eigenvalue weighted by molar-refractivity contribution is -0.120. The molecular weight excluding hydrogens is 222 g/mol. The van der Waals surface area contributed by atoms with Gasteiger partial charge >= 0.3 is 0 Å². The standard InChI is InChI=1S/C12H17NO2S/c1-8-6-10(8)11-3-2-9(15-11)7-13-12(14)4-5-16/h2-3,8,10,16H,4-7H2,1H3,(H,13,14). The van der Waals surface area contributed by atoms with Gasteiger partial charge in [-0.2, -0.15) is 12.6 Å². The SMILES string of the molecule is CC1CC1c1ccc(CNC(=O)CCS)o1. The number of furan rings is 1. The van der Waals surface area contributed by atoms with E-state index < -0.39 is 0 Å². The van der Waals surface area contributed by atoms with Gasteiger partial charge in [0.15, 0.2) is 0 Å². The average Bonchev–Trinajstić information content (AvgIpc) is 2.80. The number of hydrogen-bond acceptors (Lipinski definition) is 3. The van der Waals surface area contributed by atoms with E-state index in [1.807, 2.05) is 12.1 Å². The van der Waals surface area contributed by atoms with Gasteiger partial charge in [-0.15, -0.1) is 0 Å². The molecule has 88 valence electrons. The molecule has 16 heavy (non-hydrogen) atoms. The van der Waals surface area contributed by atoms with Crippen molar-refractivity contribution in [2.24, 2.45) is 5.92 Å². The fraction of sp³-hybridized carbons (Fsp3) is 0.583. The molecule has 1 fully saturated rings. The van der Waals surface area contributed by atoms with Gasteiger partial charge in [0.25, 0.3) is 0 Å². The molecule has 2 atom stereocenters. The maximum atomic E-state index is 11.2. The van der Waals surface area contributed by atoms with Gasteiger partial charge in [0.2, 0.25) is 5.91 Å². The van der Waals surface area contributed by atoms with Crippen LogP contribution in [0.2, 0.25) is 0 Å². The van der Waals surface area contributed by atoms with E-state index in [1.54, 1.807) is 0 Å². The summed E-state index contributed by atoms with van der Waals surface area (Å²) in [5, 5.41) is 2.80. The Kier molecular flexibility index (Phi) is 3.59.